The Morgan fingerprint density at radius 2 is 2.00 bits per heavy atom. The molecule has 7 nitrogen and oxygen atoms in total. The Hall–Kier alpha value is -1.15. The van der Waals surface area contributed by atoms with Crippen molar-refractivity contribution in [2.24, 2.45) is 5.92 Å². The van der Waals surface area contributed by atoms with E-state index in [9.17, 15) is 18.0 Å². The predicted octanol–water partition coefficient (Wildman–Crippen LogP) is -0.215. The van der Waals surface area contributed by atoms with Crippen LogP contribution in [-0.2, 0) is 19.6 Å². The number of nitrogens with zero attached hydrogens (tertiary/aromatic N) is 2. The fourth-order valence-electron chi connectivity index (χ4n) is 3.12. The number of carbonyl (C=O) groups is 2. The van der Waals surface area contributed by atoms with Gasteiger partial charge < -0.3 is 10.2 Å². The number of hydrogen-bond donors (Lipinski definition) is 1. The van der Waals surface area contributed by atoms with Gasteiger partial charge in [0, 0.05) is 39.1 Å². The molecule has 0 aromatic heterocycles. The molecule has 1 atom stereocenters. The number of hydrogen-bond acceptors (Lipinski definition) is 4. The van der Waals surface area contributed by atoms with E-state index in [1.165, 1.54) is 11.4 Å². The van der Waals surface area contributed by atoms with Crippen LogP contribution in [0.25, 0.3) is 0 Å². The maximum absolute atomic E-state index is 12.1. The summed E-state index contributed by atoms with van der Waals surface area (Å²) in [5, 5.41) is 2.74. The van der Waals surface area contributed by atoms with Crippen LogP contribution in [0.15, 0.2) is 0 Å². The van der Waals surface area contributed by atoms with Crippen molar-refractivity contribution in [3.8, 4) is 0 Å². The molecule has 8 heteroatoms. The minimum atomic E-state index is -3.23. The van der Waals surface area contributed by atoms with Crippen molar-refractivity contribution < 1.29 is 18.0 Å². The topological polar surface area (TPSA) is 86.8 Å². The van der Waals surface area contributed by atoms with Crippen molar-refractivity contribution in [2.75, 3.05) is 32.9 Å². The molecule has 1 saturated carbocycles. The van der Waals surface area contributed by atoms with Gasteiger partial charge in [0.25, 0.3) is 0 Å². The number of sulfonamides is 1. The van der Waals surface area contributed by atoms with E-state index < -0.39 is 10.0 Å². The van der Waals surface area contributed by atoms with Crippen LogP contribution in [-0.4, -0.2) is 68.4 Å². The van der Waals surface area contributed by atoms with Gasteiger partial charge in [0.2, 0.25) is 21.8 Å². The summed E-state index contributed by atoms with van der Waals surface area (Å²) in [6.45, 7) is 0.991. The molecule has 2 aliphatic rings. The molecule has 2 rings (SSSR count). The number of likely N-dealkylation sites (N-methyl/N-ethyl adjacent to an activating group) is 1. The quantitative estimate of drug-likeness (QED) is 0.729. The van der Waals surface area contributed by atoms with Crippen molar-refractivity contribution in [2.45, 2.75) is 38.1 Å². The van der Waals surface area contributed by atoms with Crippen LogP contribution in [0.1, 0.15) is 32.1 Å². The first-order valence-electron chi connectivity index (χ1n) is 7.77. The minimum Gasteiger partial charge on any atom is -0.354 e. The lowest BCUT2D eigenvalue weighted by Crippen LogP contribution is -2.39. The molecule has 1 heterocycles. The van der Waals surface area contributed by atoms with Gasteiger partial charge in [0.15, 0.2) is 0 Å². The Balaban J connectivity index is 1.78. The van der Waals surface area contributed by atoms with E-state index >= 15 is 0 Å². The predicted molar refractivity (Wildman–Crippen MR) is 82.6 cm³/mol. The van der Waals surface area contributed by atoms with Crippen LogP contribution in [0.5, 0.6) is 0 Å². The van der Waals surface area contributed by atoms with Crippen LogP contribution < -0.4 is 5.32 Å². The lowest BCUT2D eigenvalue weighted by molar-refractivity contribution is -0.130. The van der Waals surface area contributed by atoms with E-state index in [-0.39, 0.29) is 37.2 Å². The average Bonchev–Trinajstić information content (AvgIpc) is 3.06. The van der Waals surface area contributed by atoms with Crippen molar-refractivity contribution in [3.05, 3.63) is 0 Å². The highest BCUT2D eigenvalue weighted by atomic mass is 32.2. The van der Waals surface area contributed by atoms with E-state index in [1.54, 1.807) is 0 Å². The molecular formula is C14H25N3O4S. The van der Waals surface area contributed by atoms with Crippen LogP contribution in [0, 0.1) is 5.92 Å². The summed E-state index contributed by atoms with van der Waals surface area (Å²) in [4.78, 5) is 26.0. The van der Waals surface area contributed by atoms with Crippen LogP contribution in [0.4, 0.5) is 0 Å². The lowest BCUT2D eigenvalue weighted by Gasteiger charge is -2.24. The molecule has 0 spiro atoms. The summed E-state index contributed by atoms with van der Waals surface area (Å²) in [5.74, 6) is -0.396. The molecule has 22 heavy (non-hydrogen) atoms. The van der Waals surface area contributed by atoms with Crippen LogP contribution >= 0.6 is 0 Å². The maximum Gasteiger partial charge on any atom is 0.225 e. The smallest absolute Gasteiger partial charge is 0.225 e. The Morgan fingerprint density at radius 1 is 1.36 bits per heavy atom. The van der Waals surface area contributed by atoms with Gasteiger partial charge in [-0.1, -0.05) is 12.8 Å². The summed E-state index contributed by atoms with van der Waals surface area (Å²) in [6, 6.07) is 0.307. The lowest BCUT2D eigenvalue weighted by atomic mass is 10.1. The molecular weight excluding hydrogens is 306 g/mol. The second-order valence-electron chi connectivity index (χ2n) is 6.26. The highest BCUT2D eigenvalue weighted by Crippen LogP contribution is 2.29. The third kappa shape index (κ3) is 4.19. The largest absolute Gasteiger partial charge is 0.354 e. The van der Waals surface area contributed by atoms with E-state index in [2.05, 4.69) is 5.32 Å². The van der Waals surface area contributed by atoms with Gasteiger partial charge >= 0.3 is 0 Å². The second kappa shape index (κ2) is 6.95. The molecule has 1 aliphatic carbocycles. The molecule has 0 bridgehead atoms. The molecule has 2 amide bonds. The zero-order valence-electron chi connectivity index (χ0n) is 13.2. The third-order valence-corrected chi connectivity index (χ3v) is 5.90. The van der Waals surface area contributed by atoms with E-state index in [0.29, 0.717) is 12.6 Å². The highest BCUT2D eigenvalue weighted by molar-refractivity contribution is 7.88. The van der Waals surface area contributed by atoms with Gasteiger partial charge in [0.1, 0.15) is 0 Å². The molecule has 1 saturated heterocycles. The van der Waals surface area contributed by atoms with Gasteiger partial charge in [-0.2, -0.15) is 0 Å². The third-order valence-electron chi connectivity index (χ3n) is 4.59. The van der Waals surface area contributed by atoms with Crippen molar-refractivity contribution in [1.82, 2.24) is 14.5 Å². The SMILES string of the molecule is CN(CCNC(=O)[C@H]1CC(=O)N(C2CCCC2)C1)S(C)(=O)=O. The van der Waals surface area contributed by atoms with E-state index in [0.717, 1.165) is 31.9 Å². The summed E-state index contributed by atoms with van der Waals surface area (Å²) in [7, 11) is -1.75. The Bertz CT molecular complexity index is 528. The zero-order chi connectivity index (χ0) is 16.3. The van der Waals surface area contributed by atoms with E-state index in [4.69, 9.17) is 0 Å². The van der Waals surface area contributed by atoms with Gasteiger partial charge in [-0.15, -0.1) is 0 Å². The molecule has 1 N–H and O–H groups in total. The van der Waals surface area contributed by atoms with Crippen molar-refractivity contribution in [1.29, 1.82) is 0 Å². The molecule has 126 valence electrons. The molecule has 0 aromatic rings. The van der Waals surface area contributed by atoms with E-state index in [1.807, 2.05) is 4.90 Å². The number of nitrogens with one attached hydrogen (secondary N) is 1. The van der Waals surface area contributed by atoms with Gasteiger partial charge in [-0.05, 0) is 12.8 Å². The number of rotatable bonds is 6. The maximum atomic E-state index is 12.1. The Labute approximate surface area is 132 Å². The second-order valence-corrected chi connectivity index (χ2v) is 8.35. The fraction of sp³-hybridized carbons (Fsp3) is 0.857. The fourth-order valence-corrected chi connectivity index (χ4v) is 3.55. The minimum absolute atomic E-state index is 0.0697. The molecule has 0 radical (unpaired) electrons. The average molecular weight is 331 g/mol. The van der Waals surface area contributed by atoms with Crippen LogP contribution in [0.2, 0.25) is 0 Å². The number of amides is 2. The molecule has 0 aromatic carbocycles. The standard InChI is InChI=1S/C14H25N3O4S/c1-16(22(2,20)21)8-7-15-14(19)11-9-13(18)17(10-11)12-5-3-4-6-12/h11-12H,3-10H2,1-2H3,(H,15,19)/t11-/m0/s1. The molecule has 1 aliphatic heterocycles. The van der Waals surface area contributed by atoms with Crippen molar-refractivity contribution in [3.63, 3.8) is 0 Å². The summed E-state index contributed by atoms with van der Waals surface area (Å²) >= 11 is 0. The van der Waals surface area contributed by atoms with Crippen molar-refractivity contribution >= 4 is 21.8 Å². The molecule has 0 unspecified atom stereocenters. The summed E-state index contributed by atoms with van der Waals surface area (Å²) in [6.07, 6.45) is 5.79. The zero-order valence-corrected chi connectivity index (χ0v) is 14.1. The number of likely N-dealkylation sites (tertiary alicyclic amines) is 1. The highest BCUT2D eigenvalue weighted by Gasteiger charge is 2.38. The Kier molecular flexibility index (Phi) is 5.44. The first-order valence-corrected chi connectivity index (χ1v) is 9.62. The first kappa shape index (κ1) is 17.2. The normalized spacial score (nSPS) is 23.5. The number of carbonyl (C=O) groups excluding carboxylic acids is 2. The summed E-state index contributed by atoms with van der Waals surface area (Å²) < 4.78 is 23.7. The van der Waals surface area contributed by atoms with Gasteiger partial charge in [0.05, 0.1) is 12.2 Å². The first-order chi connectivity index (χ1) is 10.3. The Morgan fingerprint density at radius 3 is 2.59 bits per heavy atom. The molecule has 2 fully saturated rings. The van der Waals surface area contributed by atoms with Gasteiger partial charge in [-0.25, -0.2) is 12.7 Å². The summed E-state index contributed by atoms with van der Waals surface area (Å²) in [5.41, 5.74) is 0. The van der Waals surface area contributed by atoms with Gasteiger partial charge in [-0.3, -0.25) is 9.59 Å². The van der Waals surface area contributed by atoms with Crippen LogP contribution in [0.3, 0.4) is 0 Å². The monoisotopic (exact) mass is 331 g/mol.